The standard InChI is InChI=1S/C19H19N3O3S/c1-26(24,25)14-10-8-13(9-11-14)19(23)22-12-4-7-17(22)18-20-15-5-2-3-6-16(15)21-18/h2-3,5-6,8-11,17H,4,7,12H2,1H3,(H,20,21). The molecule has 26 heavy (non-hydrogen) atoms. The fourth-order valence-corrected chi connectivity index (χ4v) is 4.07. The van der Waals surface area contributed by atoms with Gasteiger partial charge < -0.3 is 9.88 Å². The number of fused-ring (bicyclic) bond motifs is 1. The summed E-state index contributed by atoms with van der Waals surface area (Å²) in [4.78, 5) is 22.9. The van der Waals surface area contributed by atoms with Gasteiger partial charge in [-0.15, -0.1) is 0 Å². The van der Waals surface area contributed by atoms with Crippen molar-refractivity contribution in [3.05, 3.63) is 59.9 Å². The number of imidazole rings is 1. The zero-order valence-electron chi connectivity index (χ0n) is 14.3. The van der Waals surface area contributed by atoms with Crippen molar-refractivity contribution < 1.29 is 13.2 Å². The molecule has 1 amide bonds. The number of amides is 1. The predicted octanol–water partition coefficient (Wildman–Crippen LogP) is 2.94. The summed E-state index contributed by atoms with van der Waals surface area (Å²) in [6.45, 7) is 0.661. The van der Waals surface area contributed by atoms with Crippen LogP contribution < -0.4 is 0 Å². The number of nitrogens with zero attached hydrogens (tertiary/aromatic N) is 2. The molecule has 0 radical (unpaired) electrons. The molecule has 2 aromatic carbocycles. The molecular weight excluding hydrogens is 350 g/mol. The number of carbonyl (C=O) groups is 1. The first-order valence-electron chi connectivity index (χ1n) is 8.49. The molecule has 0 bridgehead atoms. The van der Waals surface area contributed by atoms with E-state index in [-0.39, 0.29) is 16.8 Å². The third-order valence-corrected chi connectivity index (χ3v) is 5.89. The van der Waals surface area contributed by atoms with Gasteiger partial charge in [0.15, 0.2) is 9.84 Å². The molecule has 1 unspecified atom stereocenters. The van der Waals surface area contributed by atoms with Crippen LogP contribution in [0.2, 0.25) is 0 Å². The minimum Gasteiger partial charge on any atom is -0.340 e. The quantitative estimate of drug-likeness (QED) is 0.769. The summed E-state index contributed by atoms with van der Waals surface area (Å²) in [6.07, 6.45) is 2.92. The van der Waals surface area contributed by atoms with E-state index in [2.05, 4.69) is 9.97 Å². The molecule has 0 saturated carbocycles. The van der Waals surface area contributed by atoms with Gasteiger partial charge >= 0.3 is 0 Å². The number of nitrogens with one attached hydrogen (secondary N) is 1. The predicted molar refractivity (Wildman–Crippen MR) is 98.7 cm³/mol. The third-order valence-electron chi connectivity index (χ3n) is 4.77. The van der Waals surface area contributed by atoms with E-state index in [1.165, 1.54) is 12.1 Å². The molecule has 1 aliphatic rings. The van der Waals surface area contributed by atoms with E-state index in [1.807, 2.05) is 29.2 Å². The molecule has 0 aliphatic carbocycles. The topological polar surface area (TPSA) is 83.1 Å². The van der Waals surface area contributed by atoms with E-state index in [0.717, 1.165) is 36.0 Å². The Balaban J connectivity index is 1.62. The number of carbonyl (C=O) groups excluding carboxylic acids is 1. The average molecular weight is 369 g/mol. The molecule has 1 aliphatic heterocycles. The van der Waals surface area contributed by atoms with E-state index in [1.54, 1.807) is 12.1 Å². The Morgan fingerprint density at radius 1 is 1.15 bits per heavy atom. The van der Waals surface area contributed by atoms with Crippen molar-refractivity contribution in [3.8, 4) is 0 Å². The number of hydrogen-bond acceptors (Lipinski definition) is 4. The van der Waals surface area contributed by atoms with Crippen molar-refractivity contribution in [2.24, 2.45) is 0 Å². The first-order chi connectivity index (χ1) is 12.4. The monoisotopic (exact) mass is 369 g/mol. The van der Waals surface area contributed by atoms with Crippen molar-refractivity contribution in [1.82, 2.24) is 14.9 Å². The molecule has 1 saturated heterocycles. The van der Waals surface area contributed by atoms with E-state index in [0.29, 0.717) is 12.1 Å². The molecule has 3 aromatic rings. The Morgan fingerprint density at radius 2 is 1.88 bits per heavy atom. The van der Waals surface area contributed by atoms with Crippen molar-refractivity contribution in [2.45, 2.75) is 23.8 Å². The zero-order valence-corrected chi connectivity index (χ0v) is 15.2. The molecule has 1 fully saturated rings. The van der Waals surface area contributed by atoms with Crippen LogP contribution >= 0.6 is 0 Å². The van der Waals surface area contributed by atoms with Gasteiger partial charge in [-0.25, -0.2) is 13.4 Å². The lowest BCUT2D eigenvalue weighted by atomic mass is 10.1. The summed E-state index contributed by atoms with van der Waals surface area (Å²) in [7, 11) is -3.27. The van der Waals surface area contributed by atoms with Crippen molar-refractivity contribution >= 4 is 26.8 Å². The second-order valence-electron chi connectivity index (χ2n) is 6.59. The Kier molecular flexibility index (Phi) is 4.03. The average Bonchev–Trinajstić information content (AvgIpc) is 3.26. The van der Waals surface area contributed by atoms with Crippen LogP contribution in [0, 0.1) is 0 Å². The summed E-state index contributed by atoms with van der Waals surface area (Å²) in [6, 6.07) is 13.8. The fraction of sp³-hybridized carbons (Fsp3) is 0.263. The highest BCUT2D eigenvalue weighted by molar-refractivity contribution is 7.90. The lowest BCUT2D eigenvalue weighted by molar-refractivity contribution is 0.0730. The van der Waals surface area contributed by atoms with Crippen molar-refractivity contribution in [1.29, 1.82) is 0 Å². The van der Waals surface area contributed by atoms with Crippen molar-refractivity contribution in [2.75, 3.05) is 12.8 Å². The van der Waals surface area contributed by atoms with E-state index in [4.69, 9.17) is 0 Å². The fourth-order valence-electron chi connectivity index (χ4n) is 3.43. The Hall–Kier alpha value is -2.67. The first kappa shape index (κ1) is 16.8. The molecule has 2 heterocycles. The maximum Gasteiger partial charge on any atom is 0.254 e. The smallest absolute Gasteiger partial charge is 0.254 e. The minimum absolute atomic E-state index is 0.0931. The normalized spacial score (nSPS) is 17.7. The van der Waals surface area contributed by atoms with Crippen LogP contribution in [0.5, 0.6) is 0 Å². The van der Waals surface area contributed by atoms with Gasteiger partial charge in [0.05, 0.1) is 22.0 Å². The lowest BCUT2D eigenvalue weighted by Gasteiger charge is -2.23. The molecule has 0 spiro atoms. The van der Waals surface area contributed by atoms with Gasteiger partial charge in [-0.05, 0) is 49.2 Å². The lowest BCUT2D eigenvalue weighted by Crippen LogP contribution is -2.31. The van der Waals surface area contributed by atoms with E-state index >= 15 is 0 Å². The van der Waals surface area contributed by atoms with Gasteiger partial charge in [-0.2, -0.15) is 0 Å². The van der Waals surface area contributed by atoms with Gasteiger partial charge in [0.2, 0.25) is 0 Å². The molecule has 134 valence electrons. The molecule has 1 N–H and O–H groups in total. The highest BCUT2D eigenvalue weighted by Gasteiger charge is 2.32. The molecule has 7 heteroatoms. The maximum absolute atomic E-state index is 12.9. The number of hydrogen-bond donors (Lipinski definition) is 1. The zero-order chi connectivity index (χ0) is 18.3. The largest absolute Gasteiger partial charge is 0.340 e. The summed E-state index contributed by atoms with van der Waals surface area (Å²) in [5, 5.41) is 0. The van der Waals surface area contributed by atoms with E-state index < -0.39 is 9.84 Å². The second-order valence-corrected chi connectivity index (χ2v) is 8.61. The summed E-state index contributed by atoms with van der Waals surface area (Å²) in [5.41, 5.74) is 2.33. The number of aromatic nitrogens is 2. The van der Waals surface area contributed by atoms with Gasteiger partial charge in [-0.3, -0.25) is 4.79 Å². The number of sulfone groups is 1. The number of aromatic amines is 1. The van der Waals surface area contributed by atoms with Crippen LogP contribution in [0.3, 0.4) is 0 Å². The number of rotatable bonds is 3. The number of likely N-dealkylation sites (tertiary alicyclic amines) is 1. The molecular formula is C19H19N3O3S. The summed E-state index contributed by atoms with van der Waals surface area (Å²) < 4.78 is 23.2. The highest BCUT2D eigenvalue weighted by Crippen LogP contribution is 2.32. The molecule has 6 nitrogen and oxygen atoms in total. The molecule has 4 rings (SSSR count). The van der Waals surface area contributed by atoms with Gasteiger partial charge in [0.25, 0.3) is 5.91 Å². The molecule has 1 aromatic heterocycles. The summed E-state index contributed by atoms with van der Waals surface area (Å²) in [5.74, 6) is 0.692. The van der Waals surface area contributed by atoms with Crippen LogP contribution in [-0.2, 0) is 9.84 Å². The highest BCUT2D eigenvalue weighted by atomic mass is 32.2. The Bertz CT molecular complexity index is 1040. The van der Waals surface area contributed by atoms with Crippen LogP contribution in [0.25, 0.3) is 11.0 Å². The van der Waals surface area contributed by atoms with Crippen LogP contribution in [0.1, 0.15) is 35.1 Å². The van der Waals surface area contributed by atoms with Gasteiger partial charge in [0, 0.05) is 18.4 Å². The van der Waals surface area contributed by atoms with Crippen LogP contribution in [0.15, 0.2) is 53.4 Å². The number of benzene rings is 2. The maximum atomic E-state index is 12.9. The van der Waals surface area contributed by atoms with E-state index in [9.17, 15) is 13.2 Å². The third kappa shape index (κ3) is 2.99. The van der Waals surface area contributed by atoms with Gasteiger partial charge in [0.1, 0.15) is 5.82 Å². The Morgan fingerprint density at radius 3 is 2.58 bits per heavy atom. The number of para-hydroxylation sites is 2. The minimum atomic E-state index is -3.27. The molecule has 1 atom stereocenters. The second kappa shape index (κ2) is 6.25. The Labute approximate surface area is 151 Å². The first-order valence-corrected chi connectivity index (χ1v) is 10.4. The summed E-state index contributed by atoms with van der Waals surface area (Å²) >= 11 is 0. The van der Waals surface area contributed by atoms with Crippen molar-refractivity contribution in [3.63, 3.8) is 0 Å². The van der Waals surface area contributed by atoms with Gasteiger partial charge in [-0.1, -0.05) is 12.1 Å². The van der Waals surface area contributed by atoms with Crippen LogP contribution in [0.4, 0.5) is 0 Å². The van der Waals surface area contributed by atoms with Crippen LogP contribution in [-0.4, -0.2) is 42.0 Å². The number of H-pyrrole nitrogens is 1. The SMILES string of the molecule is CS(=O)(=O)c1ccc(C(=O)N2CCCC2c2nc3ccccc3[nH]2)cc1.